The van der Waals surface area contributed by atoms with Gasteiger partial charge in [-0.05, 0) is 66.4 Å². The van der Waals surface area contributed by atoms with Crippen molar-refractivity contribution in [2.24, 2.45) is 5.92 Å². The van der Waals surface area contributed by atoms with E-state index in [4.69, 9.17) is 37.9 Å². The number of carbonyl (C=O) groups is 1. The molecule has 3 aromatic carbocycles. The topological polar surface area (TPSA) is 71.1 Å². The number of imidazole rings is 1. The third kappa shape index (κ3) is 6.58. The highest BCUT2D eigenvalue weighted by molar-refractivity contribution is 7.14. The van der Waals surface area contributed by atoms with Crippen LogP contribution in [0.5, 0.6) is 5.75 Å². The molecule has 0 radical (unpaired) electrons. The maximum atomic E-state index is 11.2. The van der Waals surface area contributed by atoms with Gasteiger partial charge in [-0.1, -0.05) is 61.4 Å². The number of aromatic nitrogens is 3. The van der Waals surface area contributed by atoms with Crippen molar-refractivity contribution in [3.63, 3.8) is 0 Å². The molecule has 0 unspecified atom stereocenters. The van der Waals surface area contributed by atoms with Gasteiger partial charge in [0.2, 0.25) is 0 Å². The molecule has 0 amide bonds. The van der Waals surface area contributed by atoms with Gasteiger partial charge in [-0.2, -0.15) is 0 Å². The number of hydrogen-bond acceptors (Lipinski definition) is 6. The smallest absolute Gasteiger partial charge is 0.190 e. The standard InChI is InChI=1S/C32H30Cl2N4O2S/c33-26-12-8-23(16-27(26)34)19-40-25-11-13-28-29(17-25)36-31(35-28)30-20-41-32(37-30)38(15-14-21-4-2-1-3-5-21)24-9-6-22(18-39)7-10-24/h6-13,16-18,20-21H,1-5,14-15,19H2,(H,35,36). The fraction of sp³-hybridized carbons (Fsp3) is 0.281. The summed E-state index contributed by atoms with van der Waals surface area (Å²) in [5, 5.41) is 3.99. The van der Waals surface area contributed by atoms with Gasteiger partial charge in [-0.25, -0.2) is 9.97 Å². The van der Waals surface area contributed by atoms with Crippen LogP contribution in [0.1, 0.15) is 54.4 Å². The summed E-state index contributed by atoms with van der Waals surface area (Å²) in [6.07, 6.45) is 8.62. The van der Waals surface area contributed by atoms with Crippen LogP contribution in [-0.4, -0.2) is 27.8 Å². The zero-order valence-electron chi connectivity index (χ0n) is 22.5. The summed E-state index contributed by atoms with van der Waals surface area (Å²) in [6, 6.07) is 19.0. The molecule has 0 bridgehead atoms. The molecule has 1 N–H and O–H groups in total. The monoisotopic (exact) mass is 604 g/mol. The largest absolute Gasteiger partial charge is 0.489 e. The first-order valence-electron chi connectivity index (χ1n) is 13.9. The highest BCUT2D eigenvalue weighted by Crippen LogP contribution is 2.35. The van der Waals surface area contributed by atoms with Gasteiger partial charge in [-0.15, -0.1) is 11.3 Å². The molecule has 0 spiro atoms. The van der Waals surface area contributed by atoms with Crippen molar-refractivity contribution < 1.29 is 9.53 Å². The van der Waals surface area contributed by atoms with Gasteiger partial charge >= 0.3 is 0 Å². The van der Waals surface area contributed by atoms with Gasteiger partial charge in [-0.3, -0.25) is 4.79 Å². The van der Waals surface area contributed by atoms with Crippen LogP contribution in [0.4, 0.5) is 10.8 Å². The van der Waals surface area contributed by atoms with Gasteiger partial charge in [0, 0.05) is 29.2 Å². The minimum atomic E-state index is 0.378. The van der Waals surface area contributed by atoms with E-state index in [1.807, 2.05) is 60.0 Å². The normalized spacial score (nSPS) is 13.9. The lowest BCUT2D eigenvalue weighted by molar-refractivity contribution is 0.112. The second-order valence-corrected chi connectivity index (χ2v) is 12.1. The first kappa shape index (κ1) is 27.8. The number of nitrogens with zero attached hydrogens (tertiary/aromatic N) is 3. The molecule has 1 aliphatic carbocycles. The third-order valence-corrected chi connectivity index (χ3v) is 9.24. The van der Waals surface area contributed by atoms with Crippen LogP contribution in [0, 0.1) is 5.92 Å². The minimum absolute atomic E-state index is 0.378. The van der Waals surface area contributed by atoms with E-state index in [9.17, 15) is 4.79 Å². The Hall–Kier alpha value is -3.39. The summed E-state index contributed by atoms with van der Waals surface area (Å²) in [6.45, 7) is 1.26. The molecule has 1 fully saturated rings. The van der Waals surface area contributed by atoms with Crippen molar-refractivity contribution in [1.82, 2.24) is 15.0 Å². The molecule has 2 aromatic heterocycles. The number of nitrogens with one attached hydrogen (secondary N) is 1. The van der Waals surface area contributed by atoms with Crippen molar-refractivity contribution in [1.29, 1.82) is 0 Å². The van der Waals surface area contributed by atoms with Crippen molar-refractivity contribution in [3.8, 4) is 17.3 Å². The molecule has 2 heterocycles. The molecule has 0 saturated heterocycles. The number of aldehydes is 1. The van der Waals surface area contributed by atoms with Crippen LogP contribution in [0.3, 0.4) is 0 Å². The molecule has 0 aliphatic heterocycles. The predicted molar refractivity (Wildman–Crippen MR) is 168 cm³/mol. The summed E-state index contributed by atoms with van der Waals surface area (Å²) in [5.74, 6) is 2.20. The lowest BCUT2D eigenvalue weighted by Crippen LogP contribution is -2.21. The summed E-state index contributed by atoms with van der Waals surface area (Å²) < 4.78 is 6.00. The number of carbonyl (C=O) groups excluding carboxylic acids is 1. The van der Waals surface area contributed by atoms with Crippen molar-refractivity contribution in [3.05, 3.63) is 87.2 Å². The Morgan fingerprint density at radius 3 is 2.59 bits per heavy atom. The molecule has 5 aromatic rings. The molecular weight excluding hydrogens is 575 g/mol. The number of fused-ring (bicyclic) bond motifs is 1. The van der Waals surface area contributed by atoms with Crippen LogP contribution >= 0.6 is 34.5 Å². The third-order valence-electron chi connectivity index (χ3n) is 7.63. The fourth-order valence-electron chi connectivity index (χ4n) is 5.35. The first-order chi connectivity index (χ1) is 20.1. The highest BCUT2D eigenvalue weighted by Gasteiger charge is 2.20. The summed E-state index contributed by atoms with van der Waals surface area (Å²) in [5.41, 5.74) is 5.17. The molecule has 9 heteroatoms. The molecule has 6 nitrogen and oxygen atoms in total. The maximum absolute atomic E-state index is 11.2. The van der Waals surface area contributed by atoms with E-state index >= 15 is 0 Å². The number of ether oxygens (including phenoxy) is 1. The second-order valence-electron chi connectivity index (χ2n) is 10.5. The molecular formula is C32H30Cl2N4O2S. The second kappa shape index (κ2) is 12.6. The highest BCUT2D eigenvalue weighted by atomic mass is 35.5. The SMILES string of the molecule is O=Cc1ccc(N(CCC2CCCCC2)c2nc(-c3nc4ccc(OCc5ccc(Cl)c(Cl)c5)cc4[nH]3)cs2)cc1. The summed E-state index contributed by atoms with van der Waals surface area (Å²) in [4.78, 5) is 26.7. The van der Waals surface area contributed by atoms with Crippen LogP contribution in [0.25, 0.3) is 22.6 Å². The zero-order valence-corrected chi connectivity index (χ0v) is 24.8. The molecule has 0 atom stereocenters. The maximum Gasteiger partial charge on any atom is 0.190 e. The summed E-state index contributed by atoms with van der Waals surface area (Å²) in [7, 11) is 0. The van der Waals surface area contributed by atoms with Gasteiger partial charge in [0.25, 0.3) is 0 Å². The number of rotatable bonds is 10. The predicted octanol–water partition coefficient (Wildman–Crippen LogP) is 9.49. The Labute approximate surface area is 253 Å². The van der Waals surface area contributed by atoms with Crippen molar-refractivity contribution in [2.75, 3.05) is 11.4 Å². The van der Waals surface area contributed by atoms with Gasteiger partial charge in [0.1, 0.15) is 24.3 Å². The lowest BCUT2D eigenvalue weighted by atomic mass is 9.87. The number of halogens is 2. The number of benzene rings is 3. The Balaban J connectivity index is 1.20. The number of thiazole rings is 1. The van der Waals surface area contributed by atoms with Gasteiger partial charge in [0.05, 0.1) is 21.1 Å². The molecule has 6 rings (SSSR count). The number of H-pyrrole nitrogens is 1. The van der Waals surface area contributed by atoms with Crippen LogP contribution in [0.15, 0.2) is 66.0 Å². The first-order valence-corrected chi connectivity index (χ1v) is 15.5. The summed E-state index contributed by atoms with van der Waals surface area (Å²) >= 11 is 13.8. The average molecular weight is 606 g/mol. The van der Waals surface area contributed by atoms with E-state index in [0.29, 0.717) is 28.0 Å². The Morgan fingerprint density at radius 1 is 0.976 bits per heavy atom. The van der Waals surface area contributed by atoms with E-state index in [1.165, 1.54) is 32.1 Å². The Kier molecular flexibility index (Phi) is 8.56. The minimum Gasteiger partial charge on any atom is -0.489 e. The van der Waals surface area contributed by atoms with E-state index in [2.05, 4.69) is 9.88 Å². The molecule has 210 valence electrons. The van der Waals surface area contributed by atoms with E-state index in [1.54, 1.807) is 17.4 Å². The van der Waals surface area contributed by atoms with Crippen LogP contribution < -0.4 is 9.64 Å². The van der Waals surface area contributed by atoms with E-state index in [-0.39, 0.29) is 0 Å². The number of aromatic amines is 1. The number of hydrogen-bond donors (Lipinski definition) is 1. The van der Waals surface area contributed by atoms with Gasteiger partial charge in [0.15, 0.2) is 11.0 Å². The molecule has 41 heavy (non-hydrogen) atoms. The fourth-order valence-corrected chi connectivity index (χ4v) is 6.53. The lowest BCUT2D eigenvalue weighted by Gasteiger charge is -2.27. The number of anilines is 2. The zero-order chi connectivity index (χ0) is 28.2. The average Bonchev–Trinajstić information content (AvgIpc) is 3.66. The molecule has 1 aliphatic rings. The molecule has 1 saturated carbocycles. The Morgan fingerprint density at radius 2 is 1.80 bits per heavy atom. The van der Waals surface area contributed by atoms with Crippen molar-refractivity contribution >= 4 is 62.7 Å². The quantitative estimate of drug-likeness (QED) is 0.161. The van der Waals surface area contributed by atoms with Crippen LogP contribution in [-0.2, 0) is 6.61 Å². The van der Waals surface area contributed by atoms with E-state index < -0.39 is 0 Å². The van der Waals surface area contributed by atoms with Gasteiger partial charge < -0.3 is 14.6 Å². The van der Waals surface area contributed by atoms with Crippen molar-refractivity contribution in [2.45, 2.75) is 45.1 Å². The Bertz CT molecular complexity index is 1640. The van der Waals surface area contributed by atoms with E-state index in [0.717, 1.165) is 64.0 Å². The van der Waals surface area contributed by atoms with Crippen LogP contribution in [0.2, 0.25) is 10.0 Å².